The molecule has 102 valence electrons. The van der Waals surface area contributed by atoms with Crippen LogP contribution in [0.5, 0.6) is 0 Å². The normalized spacial score (nSPS) is 21.8. The minimum Gasteiger partial charge on any atom is -0.356 e. The summed E-state index contributed by atoms with van der Waals surface area (Å²) in [5, 5.41) is 6.40. The van der Waals surface area contributed by atoms with Gasteiger partial charge in [0.25, 0.3) is 0 Å². The summed E-state index contributed by atoms with van der Waals surface area (Å²) < 4.78 is 0. The summed E-state index contributed by atoms with van der Waals surface area (Å²) in [7, 11) is 0. The Bertz CT molecular complexity index is 215. The van der Waals surface area contributed by atoms with Crippen LogP contribution in [0.25, 0.3) is 0 Å². The second-order valence-electron chi connectivity index (χ2n) is 5.49. The van der Waals surface area contributed by atoms with Gasteiger partial charge in [0.2, 0.25) is 5.91 Å². The van der Waals surface area contributed by atoms with Crippen molar-refractivity contribution in [3.05, 3.63) is 0 Å². The van der Waals surface area contributed by atoms with E-state index in [1.807, 2.05) is 0 Å². The number of hydrogen-bond donors (Lipinski definition) is 2. The first kappa shape index (κ1) is 16.7. The number of rotatable bonds is 5. The van der Waals surface area contributed by atoms with Crippen LogP contribution in [0.1, 0.15) is 40.0 Å². The molecule has 3 nitrogen and oxygen atoms in total. The monoisotopic (exact) mass is 262 g/mol. The Morgan fingerprint density at radius 2 is 2.12 bits per heavy atom. The second-order valence-corrected chi connectivity index (χ2v) is 5.49. The van der Waals surface area contributed by atoms with E-state index in [1.54, 1.807) is 0 Å². The van der Waals surface area contributed by atoms with E-state index in [-0.39, 0.29) is 18.3 Å². The van der Waals surface area contributed by atoms with E-state index in [2.05, 4.69) is 31.4 Å². The molecule has 0 aromatic heterocycles. The Labute approximate surface area is 112 Å². The van der Waals surface area contributed by atoms with Crippen molar-refractivity contribution in [1.29, 1.82) is 0 Å². The Hall–Kier alpha value is -0.280. The average molecular weight is 263 g/mol. The lowest BCUT2D eigenvalue weighted by molar-refractivity contribution is -0.122. The predicted octanol–water partition coefficient (Wildman–Crippen LogP) is 2.21. The van der Waals surface area contributed by atoms with E-state index >= 15 is 0 Å². The van der Waals surface area contributed by atoms with E-state index in [4.69, 9.17) is 0 Å². The largest absolute Gasteiger partial charge is 0.356 e. The van der Waals surface area contributed by atoms with Gasteiger partial charge in [-0.15, -0.1) is 12.4 Å². The van der Waals surface area contributed by atoms with Gasteiger partial charge in [-0.3, -0.25) is 4.79 Å². The van der Waals surface area contributed by atoms with Crippen molar-refractivity contribution in [2.45, 2.75) is 40.0 Å². The second kappa shape index (κ2) is 8.76. The smallest absolute Gasteiger partial charge is 0.220 e. The summed E-state index contributed by atoms with van der Waals surface area (Å²) in [5.41, 5.74) is 0. The van der Waals surface area contributed by atoms with Gasteiger partial charge in [0.05, 0.1) is 0 Å². The van der Waals surface area contributed by atoms with Gasteiger partial charge in [-0.1, -0.05) is 20.8 Å². The van der Waals surface area contributed by atoms with Crippen LogP contribution in [0.2, 0.25) is 0 Å². The first-order valence-electron chi connectivity index (χ1n) is 6.57. The lowest BCUT2D eigenvalue weighted by Crippen LogP contribution is -2.36. The highest BCUT2D eigenvalue weighted by molar-refractivity contribution is 5.85. The van der Waals surface area contributed by atoms with Crippen LogP contribution in [0, 0.1) is 17.8 Å². The molecule has 0 radical (unpaired) electrons. The van der Waals surface area contributed by atoms with Gasteiger partial charge in [-0.25, -0.2) is 0 Å². The molecule has 4 heteroatoms. The highest BCUT2D eigenvalue weighted by atomic mass is 35.5. The molecule has 1 heterocycles. The van der Waals surface area contributed by atoms with Crippen molar-refractivity contribution in [3.8, 4) is 0 Å². The third-order valence-electron chi connectivity index (χ3n) is 3.35. The van der Waals surface area contributed by atoms with E-state index in [0.29, 0.717) is 24.2 Å². The molecule has 1 aliphatic heterocycles. The third kappa shape index (κ3) is 6.89. The van der Waals surface area contributed by atoms with Crippen LogP contribution in [-0.4, -0.2) is 25.5 Å². The molecule has 17 heavy (non-hydrogen) atoms. The van der Waals surface area contributed by atoms with E-state index in [9.17, 15) is 4.79 Å². The lowest BCUT2D eigenvalue weighted by atomic mass is 9.85. The quantitative estimate of drug-likeness (QED) is 0.798. The number of hydrogen-bond acceptors (Lipinski definition) is 2. The van der Waals surface area contributed by atoms with Crippen LogP contribution in [0.3, 0.4) is 0 Å². The predicted molar refractivity (Wildman–Crippen MR) is 74.5 cm³/mol. The van der Waals surface area contributed by atoms with Crippen molar-refractivity contribution in [1.82, 2.24) is 10.6 Å². The molecule has 1 rings (SSSR count). The van der Waals surface area contributed by atoms with Crippen LogP contribution < -0.4 is 10.6 Å². The summed E-state index contributed by atoms with van der Waals surface area (Å²) in [6, 6.07) is 0. The first-order chi connectivity index (χ1) is 7.59. The summed E-state index contributed by atoms with van der Waals surface area (Å²) >= 11 is 0. The zero-order valence-corrected chi connectivity index (χ0v) is 12.1. The fourth-order valence-corrected chi connectivity index (χ4v) is 2.21. The number of carbonyl (C=O) groups excluding carboxylic acids is 1. The molecule has 0 aromatic rings. The van der Waals surface area contributed by atoms with Crippen molar-refractivity contribution < 1.29 is 4.79 Å². The molecular weight excluding hydrogens is 236 g/mol. The Morgan fingerprint density at radius 1 is 1.41 bits per heavy atom. The van der Waals surface area contributed by atoms with Crippen molar-refractivity contribution >= 4 is 18.3 Å². The molecule has 0 aromatic carbocycles. The highest BCUT2D eigenvalue weighted by Gasteiger charge is 2.21. The maximum Gasteiger partial charge on any atom is 0.220 e. The van der Waals surface area contributed by atoms with Crippen LogP contribution in [0.15, 0.2) is 0 Å². The molecule has 0 aliphatic carbocycles. The Balaban J connectivity index is 0.00000256. The maximum absolute atomic E-state index is 11.7. The van der Waals surface area contributed by atoms with Crippen molar-refractivity contribution in [2.24, 2.45) is 17.8 Å². The molecule has 0 spiro atoms. The first-order valence-corrected chi connectivity index (χ1v) is 6.57. The molecule has 2 N–H and O–H groups in total. The molecule has 1 fully saturated rings. The van der Waals surface area contributed by atoms with E-state index in [1.165, 1.54) is 12.8 Å². The summed E-state index contributed by atoms with van der Waals surface area (Å²) in [6.07, 6.45) is 3.20. The number of piperidine rings is 1. The van der Waals surface area contributed by atoms with Gasteiger partial charge in [-0.05, 0) is 43.7 Å². The molecule has 1 amide bonds. The van der Waals surface area contributed by atoms with E-state index < -0.39 is 0 Å². The molecule has 1 aliphatic rings. The number of amides is 1. The van der Waals surface area contributed by atoms with Crippen molar-refractivity contribution in [3.63, 3.8) is 0 Å². The van der Waals surface area contributed by atoms with Crippen molar-refractivity contribution in [2.75, 3.05) is 19.6 Å². The zero-order chi connectivity index (χ0) is 12.0. The molecule has 2 atom stereocenters. The summed E-state index contributed by atoms with van der Waals surface area (Å²) in [5.74, 6) is 1.93. The van der Waals surface area contributed by atoms with Gasteiger partial charge in [0.15, 0.2) is 0 Å². The van der Waals surface area contributed by atoms with Gasteiger partial charge >= 0.3 is 0 Å². The standard InChI is InChI=1S/C13H26N2O.ClH/c1-10(2)8-15-13(16)7-11(3)12-5-4-6-14-9-12;/h10-12,14H,4-9H2,1-3H3,(H,15,16);1H. The molecule has 0 saturated carbocycles. The van der Waals surface area contributed by atoms with Crippen LogP contribution in [0.4, 0.5) is 0 Å². The summed E-state index contributed by atoms with van der Waals surface area (Å²) in [4.78, 5) is 11.7. The maximum atomic E-state index is 11.7. The number of nitrogens with one attached hydrogen (secondary N) is 2. The molecular formula is C13H27ClN2O. The topological polar surface area (TPSA) is 41.1 Å². The van der Waals surface area contributed by atoms with Gasteiger partial charge in [-0.2, -0.15) is 0 Å². The van der Waals surface area contributed by atoms with E-state index in [0.717, 1.165) is 19.6 Å². The SMILES string of the molecule is CC(C)CNC(=O)CC(C)C1CCCNC1.Cl. The third-order valence-corrected chi connectivity index (χ3v) is 3.35. The summed E-state index contributed by atoms with van der Waals surface area (Å²) in [6.45, 7) is 9.46. The highest BCUT2D eigenvalue weighted by Crippen LogP contribution is 2.22. The minimum absolute atomic E-state index is 0. The van der Waals surface area contributed by atoms with Crippen LogP contribution >= 0.6 is 12.4 Å². The minimum atomic E-state index is 0. The van der Waals surface area contributed by atoms with Crippen LogP contribution in [-0.2, 0) is 4.79 Å². The molecule has 2 unspecified atom stereocenters. The fourth-order valence-electron chi connectivity index (χ4n) is 2.21. The fraction of sp³-hybridized carbons (Fsp3) is 0.923. The zero-order valence-electron chi connectivity index (χ0n) is 11.3. The number of carbonyl (C=O) groups is 1. The lowest BCUT2D eigenvalue weighted by Gasteiger charge is -2.28. The van der Waals surface area contributed by atoms with Gasteiger partial charge < -0.3 is 10.6 Å². The molecule has 0 bridgehead atoms. The Morgan fingerprint density at radius 3 is 2.65 bits per heavy atom. The van der Waals surface area contributed by atoms with Gasteiger partial charge in [0.1, 0.15) is 0 Å². The molecule has 1 saturated heterocycles. The Kier molecular flexibility index (Phi) is 8.61. The van der Waals surface area contributed by atoms with Gasteiger partial charge in [0, 0.05) is 13.0 Å². The number of halogens is 1. The average Bonchev–Trinajstić information content (AvgIpc) is 2.27.